The number of fused-ring (bicyclic) bond motifs is 1. The van der Waals surface area contributed by atoms with Crippen molar-refractivity contribution in [3.63, 3.8) is 0 Å². The van der Waals surface area contributed by atoms with Gasteiger partial charge in [0.15, 0.2) is 0 Å². The lowest BCUT2D eigenvalue weighted by Gasteiger charge is -2.30. The summed E-state index contributed by atoms with van der Waals surface area (Å²) in [4.78, 5) is 17.5. The lowest BCUT2D eigenvalue weighted by molar-refractivity contribution is 0.0868. The van der Waals surface area contributed by atoms with Crippen LogP contribution in [0.3, 0.4) is 0 Å². The molecule has 1 fully saturated rings. The normalized spacial score (nSPS) is 17.5. The first-order chi connectivity index (χ1) is 10.1. The van der Waals surface area contributed by atoms with E-state index in [9.17, 15) is 4.79 Å². The van der Waals surface area contributed by atoms with Gasteiger partial charge < -0.3 is 4.74 Å². The zero-order valence-electron chi connectivity index (χ0n) is 13.0. The van der Waals surface area contributed by atoms with Gasteiger partial charge >= 0.3 is 0 Å². The Balaban J connectivity index is 2.24. The molecule has 0 radical (unpaired) electrons. The van der Waals surface area contributed by atoms with Crippen LogP contribution in [-0.4, -0.2) is 23.3 Å². The van der Waals surface area contributed by atoms with Gasteiger partial charge in [-0.05, 0) is 43.9 Å². The van der Waals surface area contributed by atoms with Crippen molar-refractivity contribution in [1.82, 2.24) is 9.55 Å². The topological polar surface area (TPSA) is 44.1 Å². The van der Waals surface area contributed by atoms with Gasteiger partial charge in [0.25, 0.3) is 5.56 Å². The van der Waals surface area contributed by atoms with Crippen molar-refractivity contribution in [3.05, 3.63) is 39.9 Å². The van der Waals surface area contributed by atoms with E-state index >= 15 is 0 Å². The van der Waals surface area contributed by atoms with Crippen molar-refractivity contribution >= 4 is 10.9 Å². The number of hydrogen-bond donors (Lipinski definition) is 0. The highest BCUT2D eigenvalue weighted by atomic mass is 16.5. The molecule has 3 rings (SSSR count). The van der Waals surface area contributed by atoms with Crippen LogP contribution in [0.25, 0.3) is 10.9 Å². The molecule has 0 aliphatic heterocycles. The summed E-state index contributed by atoms with van der Waals surface area (Å²) >= 11 is 0. The first kappa shape index (κ1) is 14.3. The fourth-order valence-electron chi connectivity index (χ4n) is 3.69. The monoisotopic (exact) mass is 286 g/mol. The summed E-state index contributed by atoms with van der Waals surface area (Å²) in [6, 6.07) is 4.02. The third kappa shape index (κ3) is 2.27. The summed E-state index contributed by atoms with van der Waals surface area (Å²) in [6.45, 7) is 4.60. The van der Waals surface area contributed by atoms with Gasteiger partial charge in [-0.25, -0.2) is 4.98 Å². The Morgan fingerprint density at radius 3 is 2.67 bits per heavy atom. The predicted molar refractivity (Wildman–Crippen MR) is 83.8 cm³/mol. The summed E-state index contributed by atoms with van der Waals surface area (Å²) in [7, 11) is 1.70. The van der Waals surface area contributed by atoms with Gasteiger partial charge in [0, 0.05) is 7.11 Å². The predicted octanol–water partition coefficient (Wildman–Crippen LogP) is 2.93. The molecule has 1 aliphatic carbocycles. The molecule has 1 aromatic heterocycles. The summed E-state index contributed by atoms with van der Waals surface area (Å²) in [6.07, 6.45) is 5.97. The molecular formula is C17H22N2O2. The van der Waals surface area contributed by atoms with E-state index < -0.39 is 0 Å². The van der Waals surface area contributed by atoms with Crippen LogP contribution in [0.15, 0.2) is 23.3 Å². The maximum Gasteiger partial charge on any atom is 0.261 e. The number of aromatic nitrogens is 2. The number of ether oxygens (including phenoxy) is 1. The third-order valence-corrected chi connectivity index (χ3v) is 4.65. The molecule has 112 valence electrons. The Kier molecular flexibility index (Phi) is 3.57. The first-order valence-electron chi connectivity index (χ1n) is 7.55. The molecule has 4 heteroatoms. The second kappa shape index (κ2) is 5.26. The number of nitrogens with zero attached hydrogens (tertiary/aromatic N) is 2. The molecule has 0 amide bonds. The fourth-order valence-corrected chi connectivity index (χ4v) is 3.69. The molecule has 4 nitrogen and oxygen atoms in total. The van der Waals surface area contributed by atoms with Crippen molar-refractivity contribution in [2.75, 3.05) is 13.7 Å². The molecular weight excluding hydrogens is 264 g/mol. The maximum absolute atomic E-state index is 13.0. The summed E-state index contributed by atoms with van der Waals surface area (Å²) in [5.74, 6) is 0. The average Bonchev–Trinajstić information content (AvgIpc) is 2.90. The number of benzene rings is 1. The molecule has 0 bridgehead atoms. The van der Waals surface area contributed by atoms with Gasteiger partial charge in [-0.1, -0.05) is 18.9 Å². The average molecular weight is 286 g/mol. The van der Waals surface area contributed by atoms with Crippen LogP contribution in [0.2, 0.25) is 0 Å². The van der Waals surface area contributed by atoms with Crippen LogP contribution >= 0.6 is 0 Å². The van der Waals surface area contributed by atoms with Gasteiger partial charge in [0.1, 0.15) is 0 Å². The standard InChI is InChI=1S/C17H22N2O2/c1-12-8-13(2)15-14(9-12)16(20)19(11-18-15)17(10-21-3)6-4-5-7-17/h8-9,11H,4-7,10H2,1-3H3. The number of aryl methyl sites for hydroxylation is 2. The maximum atomic E-state index is 13.0. The van der Waals surface area contributed by atoms with E-state index in [0.29, 0.717) is 6.61 Å². The number of methoxy groups -OCH3 is 1. The lowest BCUT2D eigenvalue weighted by atomic mass is 9.98. The van der Waals surface area contributed by atoms with Gasteiger partial charge in [0.2, 0.25) is 0 Å². The van der Waals surface area contributed by atoms with Crippen LogP contribution in [0, 0.1) is 13.8 Å². The Morgan fingerprint density at radius 1 is 1.29 bits per heavy atom. The van der Waals surface area contributed by atoms with Crippen LogP contribution in [0.1, 0.15) is 36.8 Å². The largest absolute Gasteiger partial charge is 0.382 e. The second-order valence-corrected chi connectivity index (χ2v) is 6.26. The second-order valence-electron chi connectivity index (χ2n) is 6.26. The summed E-state index contributed by atoms with van der Waals surface area (Å²) in [5.41, 5.74) is 2.81. The highest BCUT2D eigenvalue weighted by molar-refractivity contribution is 5.81. The fraction of sp³-hybridized carbons (Fsp3) is 0.529. The molecule has 1 aliphatic rings. The molecule has 2 aromatic rings. The van der Waals surface area contributed by atoms with Gasteiger partial charge in [-0.3, -0.25) is 9.36 Å². The van der Waals surface area contributed by atoms with Gasteiger partial charge in [-0.2, -0.15) is 0 Å². The van der Waals surface area contributed by atoms with Crippen molar-refractivity contribution in [3.8, 4) is 0 Å². The molecule has 1 heterocycles. The van der Waals surface area contributed by atoms with E-state index in [2.05, 4.69) is 11.1 Å². The van der Waals surface area contributed by atoms with E-state index in [4.69, 9.17) is 4.74 Å². The smallest absolute Gasteiger partial charge is 0.261 e. The first-order valence-corrected chi connectivity index (χ1v) is 7.55. The zero-order valence-corrected chi connectivity index (χ0v) is 13.0. The van der Waals surface area contributed by atoms with E-state index in [1.165, 1.54) is 0 Å². The molecule has 21 heavy (non-hydrogen) atoms. The third-order valence-electron chi connectivity index (χ3n) is 4.65. The van der Waals surface area contributed by atoms with Crippen molar-refractivity contribution in [2.24, 2.45) is 0 Å². The Labute approximate surface area is 124 Å². The van der Waals surface area contributed by atoms with Crippen molar-refractivity contribution in [1.29, 1.82) is 0 Å². The number of rotatable bonds is 3. The van der Waals surface area contributed by atoms with E-state index in [1.54, 1.807) is 13.4 Å². The van der Waals surface area contributed by atoms with Crippen molar-refractivity contribution < 1.29 is 4.74 Å². The molecule has 0 N–H and O–H groups in total. The lowest BCUT2D eigenvalue weighted by Crippen LogP contribution is -2.42. The molecule has 0 saturated heterocycles. The summed E-state index contributed by atoms with van der Waals surface area (Å²) in [5, 5.41) is 0.720. The van der Waals surface area contributed by atoms with Crippen LogP contribution in [-0.2, 0) is 10.3 Å². The van der Waals surface area contributed by atoms with Crippen LogP contribution in [0.4, 0.5) is 0 Å². The Morgan fingerprint density at radius 2 is 2.00 bits per heavy atom. The van der Waals surface area contributed by atoms with E-state index in [1.807, 2.05) is 24.5 Å². The Bertz CT molecular complexity index is 727. The molecule has 0 spiro atoms. The highest BCUT2D eigenvalue weighted by Gasteiger charge is 2.37. The van der Waals surface area contributed by atoms with Crippen LogP contribution in [0.5, 0.6) is 0 Å². The number of hydrogen-bond acceptors (Lipinski definition) is 3. The van der Waals surface area contributed by atoms with Gasteiger partial charge in [-0.15, -0.1) is 0 Å². The van der Waals surface area contributed by atoms with Crippen LogP contribution < -0.4 is 5.56 Å². The SMILES string of the molecule is COCC1(n2cnc3c(C)cc(C)cc3c2=O)CCCC1. The van der Waals surface area contributed by atoms with Gasteiger partial charge in [0.05, 0.1) is 29.4 Å². The van der Waals surface area contributed by atoms with Crippen molar-refractivity contribution in [2.45, 2.75) is 45.1 Å². The minimum absolute atomic E-state index is 0.0609. The quantitative estimate of drug-likeness (QED) is 0.871. The summed E-state index contributed by atoms with van der Waals surface area (Å²) < 4.78 is 7.23. The molecule has 1 aromatic carbocycles. The zero-order chi connectivity index (χ0) is 15.0. The molecule has 0 atom stereocenters. The minimum atomic E-state index is -0.218. The highest BCUT2D eigenvalue weighted by Crippen LogP contribution is 2.36. The van der Waals surface area contributed by atoms with E-state index in [-0.39, 0.29) is 11.1 Å². The molecule has 0 unspecified atom stereocenters. The molecule has 1 saturated carbocycles. The Hall–Kier alpha value is -1.68. The van der Waals surface area contributed by atoms with E-state index in [0.717, 1.165) is 47.7 Å². The minimum Gasteiger partial charge on any atom is -0.382 e.